The zero-order valence-corrected chi connectivity index (χ0v) is 24.2. The van der Waals surface area contributed by atoms with Crippen molar-refractivity contribution >= 4 is 53.9 Å². The molecule has 0 saturated heterocycles. The number of benzene rings is 9. The van der Waals surface area contributed by atoms with Gasteiger partial charge in [0.15, 0.2) is 0 Å². The fraction of sp³-hybridized carbons (Fsp3) is 0. The van der Waals surface area contributed by atoms with Gasteiger partial charge < -0.3 is 0 Å². The van der Waals surface area contributed by atoms with Gasteiger partial charge in [-0.1, -0.05) is 170 Å². The molecular weight excluding hydrogens is 528 g/mol. The lowest BCUT2D eigenvalue weighted by molar-refractivity contribution is 1.63. The first-order chi connectivity index (χ1) is 21.8. The number of fused-ring (bicyclic) bond motifs is 6. The standard InChI is InChI=1S/C44H28/c1-3-15-34-29(11-1)13-9-21-35(34)31-24-27-33(28-25-31)43-37-17-5-7-19-39(37)44(40-20-8-6-18-38(40)43)41-22-10-14-32-26-23-30-12-2-4-16-36(30)42(32)41/h1-28H. The van der Waals surface area contributed by atoms with E-state index in [4.69, 9.17) is 0 Å². The van der Waals surface area contributed by atoms with E-state index < -0.39 is 0 Å². The average molecular weight is 557 g/mol. The molecule has 9 rings (SSSR count). The van der Waals surface area contributed by atoms with Gasteiger partial charge in [-0.25, -0.2) is 0 Å². The second-order valence-electron chi connectivity index (χ2n) is 11.6. The molecule has 0 spiro atoms. The Balaban J connectivity index is 1.32. The second kappa shape index (κ2) is 9.93. The van der Waals surface area contributed by atoms with E-state index >= 15 is 0 Å². The maximum Gasteiger partial charge on any atom is -0.00199 e. The summed E-state index contributed by atoms with van der Waals surface area (Å²) in [5.74, 6) is 0. The first-order valence-electron chi connectivity index (χ1n) is 15.3. The minimum absolute atomic E-state index is 1.23. The van der Waals surface area contributed by atoms with E-state index in [1.54, 1.807) is 0 Å². The maximum absolute atomic E-state index is 2.31. The molecule has 44 heavy (non-hydrogen) atoms. The molecule has 0 aliphatic rings. The van der Waals surface area contributed by atoms with E-state index in [-0.39, 0.29) is 0 Å². The van der Waals surface area contributed by atoms with Crippen molar-refractivity contribution in [3.63, 3.8) is 0 Å². The Morgan fingerprint density at radius 3 is 1.32 bits per heavy atom. The van der Waals surface area contributed by atoms with Gasteiger partial charge in [0.1, 0.15) is 0 Å². The van der Waals surface area contributed by atoms with Crippen LogP contribution < -0.4 is 0 Å². The summed E-state index contributed by atoms with van der Waals surface area (Å²) in [6, 6.07) is 62.3. The fourth-order valence-electron chi connectivity index (χ4n) is 7.29. The molecule has 0 nitrogen and oxygen atoms in total. The van der Waals surface area contributed by atoms with Crippen molar-refractivity contribution in [1.82, 2.24) is 0 Å². The highest BCUT2D eigenvalue weighted by Gasteiger charge is 2.18. The lowest BCUT2D eigenvalue weighted by atomic mass is 9.84. The summed E-state index contributed by atoms with van der Waals surface area (Å²) < 4.78 is 0. The molecule has 0 N–H and O–H groups in total. The van der Waals surface area contributed by atoms with Gasteiger partial charge in [0.05, 0.1) is 0 Å². The Morgan fingerprint density at radius 1 is 0.227 bits per heavy atom. The molecule has 0 aliphatic carbocycles. The van der Waals surface area contributed by atoms with E-state index in [0.29, 0.717) is 0 Å². The van der Waals surface area contributed by atoms with Crippen molar-refractivity contribution in [2.45, 2.75) is 0 Å². The molecule has 0 fully saturated rings. The fourth-order valence-corrected chi connectivity index (χ4v) is 7.29. The highest BCUT2D eigenvalue weighted by atomic mass is 14.2. The molecule has 9 aromatic rings. The van der Waals surface area contributed by atoms with Crippen LogP contribution in [0.15, 0.2) is 170 Å². The molecule has 0 bridgehead atoms. The molecule has 9 aromatic carbocycles. The summed E-state index contributed by atoms with van der Waals surface area (Å²) in [6.07, 6.45) is 0. The highest BCUT2D eigenvalue weighted by molar-refractivity contribution is 6.26. The molecular formula is C44H28. The van der Waals surface area contributed by atoms with E-state index in [1.807, 2.05) is 0 Å². The predicted molar refractivity (Wildman–Crippen MR) is 190 cm³/mol. The Morgan fingerprint density at radius 2 is 0.659 bits per heavy atom. The van der Waals surface area contributed by atoms with Gasteiger partial charge in [-0.15, -0.1) is 0 Å². The Labute approximate surface area is 256 Å². The number of hydrogen-bond acceptors (Lipinski definition) is 0. The van der Waals surface area contributed by atoms with Crippen molar-refractivity contribution < 1.29 is 0 Å². The minimum Gasteiger partial charge on any atom is -0.0616 e. The van der Waals surface area contributed by atoms with E-state index in [9.17, 15) is 0 Å². The molecule has 0 aliphatic heterocycles. The Kier molecular flexibility index (Phi) is 5.61. The quantitative estimate of drug-likeness (QED) is 0.150. The van der Waals surface area contributed by atoms with Crippen molar-refractivity contribution in [3.8, 4) is 33.4 Å². The summed E-state index contributed by atoms with van der Waals surface area (Å²) >= 11 is 0. The third-order valence-corrected chi connectivity index (χ3v) is 9.24. The van der Waals surface area contributed by atoms with E-state index in [1.165, 1.54) is 87.2 Å². The Hall–Kier alpha value is -5.72. The minimum atomic E-state index is 1.23. The smallest absolute Gasteiger partial charge is 0.00199 e. The summed E-state index contributed by atoms with van der Waals surface area (Å²) in [4.78, 5) is 0. The van der Waals surface area contributed by atoms with Crippen LogP contribution in [0.1, 0.15) is 0 Å². The van der Waals surface area contributed by atoms with Gasteiger partial charge in [0.2, 0.25) is 0 Å². The van der Waals surface area contributed by atoms with Crippen LogP contribution in [0.25, 0.3) is 87.2 Å². The summed E-state index contributed by atoms with van der Waals surface area (Å²) in [6.45, 7) is 0. The van der Waals surface area contributed by atoms with Crippen molar-refractivity contribution in [1.29, 1.82) is 0 Å². The molecule has 0 aromatic heterocycles. The molecule has 0 amide bonds. The molecule has 0 radical (unpaired) electrons. The van der Waals surface area contributed by atoms with Crippen LogP contribution >= 0.6 is 0 Å². The van der Waals surface area contributed by atoms with Crippen molar-refractivity contribution in [2.24, 2.45) is 0 Å². The summed E-state index contributed by atoms with van der Waals surface area (Å²) in [5, 5.41) is 12.8. The topological polar surface area (TPSA) is 0 Å². The average Bonchev–Trinajstić information content (AvgIpc) is 3.10. The molecule has 0 heteroatoms. The number of rotatable bonds is 3. The predicted octanol–water partition coefficient (Wildman–Crippen LogP) is 12.5. The zero-order chi connectivity index (χ0) is 29.0. The molecule has 0 heterocycles. The molecule has 0 unspecified atom stereocenters. The lowest BCUT2D eigenvalue weighted by Gasteiger charge is -2.19. The van der Waals surface area contributed by atoms with Crippen LogP contribution in [0.3, 0.4) is 0 Å². The maximum atomic E-state index is 2.31. The normalized spacial score (nSPS) is 11.6. The first kappa shape index (κ1) is 24.8. The van der Waals surface area contributed by atoms with Gasteiger partial charge in [-0.3, -0.25) is 0 Å². The van der Waals surface area contributed by atoms with Crippen LogP contribution in [0, 0.1) is 0 Å². The van der Waals surface area contributed by atoms with Gasteiger partial charge in [0, 0.05) is 0 Å². The molecule has 204 valence electrons. The van der Waals surface area contributed by atoms with Crippen LogP contribution in [0.2, 0.25) is 0 Å². The van der Waals surface area contributed by atoms with Crippen LogP contribution in [0.5, 0.6) is 0 Å². The zero-order valence-electron chi connectivity index (χ0n) is 24.2. The van der Waals surface area contributed by atoms with Gasteiger partial charge in [-0.05, 0) is 87.2 Å². The van der Waals surface area contributed by atoms with Crippen LogP contribution in [-0.2, 0) is 0 Å². The van der Waals surface area contributed by atoms with E-state index in [2.05, 4.69) is 170 Å². The van der Waals surface area contributed by atoms with Crippen molar-refractivity contribution in [3.05, 3.63) is 170 Å². The number of hydrogen-bond donors (Lipinski definition) is 0. The second-order valence-corrected chi connectivity index (χ2v) is 11.6. The summed E-state index contributed by atoms with van der Waals surface area (Å²) in [5.41, 5.74) is 7.60. The third kappa shape index (κ3) is 3.78. The summed E-state index contributed by atoms with van der Waals surface area (Å²) in [7, 11) is 0. The SMILES string of the molecule is c1ccc2c(-c3ccc(-c4c5ccccc5c(-c5cccc6ccc7ccccc7c56)c5ccccc45)cc3)cccc2c1. The van der Waals surface area contributed by atoms with Crippen molar-refractivity contribution in [2.75, 3.05) is 0 Å². The van der Waals surface area contributed by atoms with Gasteiger partial charge in [-0.2, -0.15) is 0 Å². The van der Waals surface area contributed by atoms with Gasteiger partial charge >= 0.3 is 0 Å². The Bertz CT molecular complexity index is 2470. The van der Waals surface area contributed by atoms with Crippen LogP contribution in [-0.4, -0.2) is 0 Å². The van der Waals surface area contributed by atoms with Gasteiger partial charge in [0.25, 0.3) is 0 Å². The molecule has 0 atom stereocenters. The first-order valence-corrected chi connectivity index (χ1v) is 15.3. The van der Waals surface area contributed by atoms with E-state index in [0.717, 1.165) is 0 Å². The largest absolute Gasteiger partial charge is 0.0616 e. The highest BCUT2D eigenvalue weighted by Crippen LogP contribution is 2.46. The third-order valence-electron chi connectivity index (χ3n) is 9.24. The van der Waals surface area contributed by atoms with Crippen LogP contribution in [0.4, 0.5) is 0 Å². The lowest BCUT2D eigenvalue weighted by Crippen LogP contribution is -1.92. The molecule has 0 saturated carbocycles. The monoisotopic (exact) mass is 556 g/mol.